The fourth-order valence-electron chi connectivity index (χ4n) is 2.09. The lowest BCUT2D eigenvalue weighted by atomic mass is 10.1. The summed E-state index contributed by atoms with van der Waals surface area (Å²) < 4.78 is 0. The highest BCUT2D eigenvalue weighted by Gasteiger charge is 2.02. The lowest BCUT2D eigenvalue weighted by molar-refractivity contribution is 0.1000. The van der Waals surface area contributed by atoms with E-state index in [0.717, 1.165) is 24.7 Å². The normalized spacial score (nSPS) is 10.7. The Labute approximate surface area is 137 Å². The van der Waals surface area contributed by atoms with E-state index in [2.05, 4.69) is 41.6 Å². The standard InChI is InChI=1S/C18H24N4O/c1-13(2)9-10-20-11-14-3-6-16(7-4-14)22-17-8-5-15(12-21-17)18(19)23/h3-8,12-13,20H,9-11H2,1-2H3,(H2,19,23)(H,21,22). The molecule has 0 aliphatic carbocycles. The maximum Gasteiger partial charge on any atom is 0.250 e. The van der Waals surface area contributed by atoms with Crippen LogP contribution in [0.15, 0.2) is 42.6 Å². The van der Waals surface area contributed by atoms with Crippen molar-refractivity contribution < 1.29 is 4.79 Å². The van der Waals surface area contributed by atoms with E-state index in [1.807, 2.05) is 12.1 Å². The molecule has 0 aliphatic heterocycles. The number of nitrogens with one attached hydrogen (secondary N) is 2. The second-order valence-electron chi connectivity index (χ2n) is 5.98. The lowest BCUT2D eigenvalue weighted by Gasteiger charge is -2.09. The number of amides is 1. The maximum atomic E-state index is 11.0. The number of benzene rings is 1. The third-order valence-electron chi connectivity index (χ3n) is 3.50. The van der Waals surface area contributed by atoms with Crippen LogP contribution in [0.1, 0.15) is 36.2 Å². The van der Waals surface area contributed by atoms with Gasteiger partial charge in [-0.2, -0.15) is 0 Å². The maximum absolute atomic E-state index is 11.0. The van der Waals surface area contributed by atoms with Crippen molar-refractivity contribution in [2.24, 2.45) is 11.7 Å². The van der Waals surface area contributed by atoms with Crippen LogP contribution in [0.4, 0.5) is 11.5 Å². The van der Waals surface area contributed by atoms with Gasteiger partial charge in [0.1, 0.15) is 5.82 Å². The van der Waals surface area contributed by atoms with Gasteiger partial charge in [0.2, 0.25) is 5.91 Å². The van der Waals surface area contributed by atoms with Gasteiger partial charge in [0, 0.05) is 18.4 Å². The second kappa shape index (κ2) is 8.29. The highest BCUT2D eigenvalue weighted by Crippen LogP contribution is 2.15. The van der Waals surface area contributed by atoms with Crippen LogP contribution in [0.2, 0.25) is 0 Å². The number of carbonyl (C=O) groups is 1. The smallest absolute Gasteiger partial charge is 0.250 e. The summed E-state index contributed by atoms with van der Waals surface area (Å²) >= 11 is 0. The quantitative estimate of drug-likeness (QED) is 0.654. The molecule has 1 amide bonds. The molecule has 4 N–H and O–H groups in total. The summed E-state index contributed by atoms with van der Waals surface area (Å²) in [5.74, 6) is 0.929. The molecule has 23 heavy (non-hydrogen) atoms. The minimum Gasteiger partial charge on any atom is -0.366 e. The zero-order valence-corrected chi connectivity index (χ0v) is 13.7. The summed E-state index contributed by atoms with van der Waals surface area (Å²) in [5.41, 5.74) is 7.80. The van der Waals surface area contributed by atoms with Crippen LogP contribution in [-0.4, -0.2) is 17.4 Å². The van der Waals surface area contributed by atoms with E-state index in [1.54, 1.807) is 12.1 Å². The highest BCUT2D eigenvalue weighted by molar-refractivity contribution is 5.92. The van der Waals surface area contributed by atoms with Gasteiger partial charge in [-0.1, -0.05) is 26.0 Å². The van der Waals surface area contributed by atoms with Crippen LogP contribution in [-0.2, 0) is 6.54 Å². The molecule has 122 valence electrons. The van der Waals surface area contributed by atoms with Crippen LogP contribution in [0.5, 0.6) is 0 Å². The zero-order chi connectivity index (χ0) is 16.7. The number of hydrogen-bond acceptors (Lipinski definition) is 4. The molecule has 0 unspecified atom stereocenters. The van der Waals surface area contributed by atoms with Gasteiger partial charge in [0.15, 0.2) is 0 Å². The Balaban J connectivity index is 1.85. The molecule has 0 radical (unpaired) electrons. The summed E-state index contributed by atoms with van der Waals surface area (Å²) in [6.07, 6.45) is 2.66. The number of aromatic nitrogens is 1. The van der Waals surface area contributed by atoms with Gasteiger partial charge in [-0.25, -0.2) is 4.98 Å². The summed E-state index contributed by atoms with van der Waals surface area (Å²) in [7, 11) is 0. The van der Waals surface area contributed by atoms with E-state index >= 15 is 0 Å². The molecular weight excluding hydrogens is 288 g/mol. The topological polar surface area (TPSA) is 80.0 Å². The van der Waals surface area contributed by atoms with Crippen LogP contribution >= 0.6 is 0 Å². The van der Waals surface area contributed by atoms with Gasteiger partial charge in [0.05, 0.1) is 5.56 Å². The largest absolute Gasteiger partial charge is 0.366 e. The number of pyridine rings is 1. The van der Waals surface area contributed by atoms with E-state index in [-0.39, 0.29) is 0 Å². The monoisotopic (exact) mass is 312 g/mol. The molecule has 0 saturated carbocycles. The Morgan fingerprint density at radius 3 is 2.48 bits per heavy atom. The van der Waals surface area contributed by atoms with Crippen molar-refractivity contribution in [3.63, 3.8) is 0 Å². The number of primary amides is 1. The molecule has 2 rings (SSSR count). The minimum atomic E-state index is -0.474. The molecule has 1 heterocycles. The summed E-state index contributed by atoms with van der Waals surface area (Å²) in [6, 6.07) is 11.6. The molecular formula is C18H24N4O. The number of hydrogen-bond donors (Lipinski definition) is 3. The van der Waals surface area contributed by atoms with Gasteiger partial charge in [-0.15, -0.1) is 0 Å². The highest BCUT2D eigenvalue weighted by atomic mass is 16.1. The van der Waals surface area contributed by atoms with Crippen molar-refractivity contribution in [1.29, 1.82) is 0 Å². The fourth-order valence-corrected chi connectivity index (χ4v) is 2.09. The van der Waals surface area contributed by atoms with E-state index in [1.165, 1.54) is 18.2 Å². The molecule has 5 heteroatoms. The molecule has 0 atom stereocenters. The molecule has 1 aromatic heterocycles. The average molecular weight is 312 g/mol. The number of carbonyl (C=O) groups excluding carboxylic acids is 1. The van der Waals surface area contributed by atoms with Crippen molar-refractivity contribution in [2.75, 3.05) is 11.9 Å². The Morgan fingerprint density at radius 1 is 1.17 bits per heavy atom. The SMILES string of the molecule is CC(C)CCNCc1ccc(Nc2ccc(C(N)=O)cn2)cc1. The van der Waals surface area contributed by atoms with Crippen LogP contribution < -0.4 is 16.4 Å². The van der Waals surface area contributed by atoms with Crippen molar-refractivity contribution in [2.45, 2.75) is 26.8 Å². The molecule has 5 nitrogen and oxygen atoms in total. The summed E-state index contributed by atoms with van der Waals surface area (Å²) in [4.78, 5) is 15.2. The lowest BCUT2D eigenvalue weighted by Crippen LogP contribution is -2.16. The van der Waals surface area contributed by atoms with Crippen LogP contribution in [0.25, 0.3) is 0 Å². The number of anilines is 2. The summed E-state index contributed by atoms with van der Waals surface area (Å²) in [5, 5.41) is 6.64. The fraction of sp³-hybridized carbons (Fsp3) is 0.333. The Kier molecular flexibility index (Phi) is 6.11. The van der Waals surface area contributed by atoms with Crippen LogP contribution in [0.3, 0.4) is 0 Å². The third-order valence-corrected chi connectivity index (χ3v) is 3.50. The van der Waals surface area contributed by atoms with Gasteiger partial charge in [-0.05, 0) is 48.7 Å². The average Bonchev–Trinajstić information content (AvgIpc) is 2.53. The third kappa shape index (κ3) is 5.71. The van der Waals surface area contributed by atoms with Gasteiger partial charge in [-0.3, -0.25) is 4.79 Å². The zero-order valence-electron chi connectivity index (χ0n) is 13.7. The predicted molar refractivity (Wildman–Crippen MR) is 93.6 cm³/mol. The molecule has 0 spiro atoms. The van der Waals surface area contributed by atoms with Gasteiger partial charge >= 0.3 is 0 Å². The predicted octanol–water partition coefficient (Wildman–Crippen LogP) is 3.06. The molecule has 2 aromatic rings. The number of rotatable bonds is 8. The van der Waals surface area contributed by atoms with Crippen molar-refractivity contribution in [3.05, 3.63) is 53.7 Å². The van der Waals surface area contributed by atoms with E-state index in [0.29, 0.717) is 11.4 Å². The molecule has 0 bridgehead atoms. The van der Waals surface area contributed by atoms with Crippen molar-refractivity contribution >= 4 is 17.4 Å². The first kappa shape index (κ1) is 17.0. The van der Waals surface area contributed by atoms with Crippen molar-refractivity contribution in [1.82, 2.24) is 10.3 Å². The first-order valence-corrected chi connectivity index (χ1v) is 7.87. The molecule has 1 aromatic carbocycles. The van der Waals surface area contributed by atoms with E-state index in [4.69, 9.17) is 5.73 Å². The number of nitrogens with zero attached hydrogens (tertiary/aromatic N) is 1. The molecule has 0 fully saturated rings. The van der Waals surface area contributed by atoms with Gasteiger partial charge < -0.3 is 16.4 Å². The van der Waals surface area contributed by atoms with E-state index < -0.39 is 5.91 Å². The van der Waals surface area contributed by atoms with E-state index in [9.17, 15) is 4.79 Å². The van der Waals surface area contributed by atoms with Crippen molar-refractivity contribution in [3.8, 4) is 0 Å². The summed E-state index contributed by atoms with van der Waals surface area (Å²) in [6.45, 7) is 6.37. The first-order chi connectivity index (χ1) is 11.0. The van der Waals surface area contributed by atoms with Gasteiger partial charge in [0.25, 0.3) is 0 Å². The Morgan fingerprint density at radius 2 is 1.91 bits per heavy atom. The Hall–Kier alpha value is -2.40. The minimum absolute atomic E-state index is 0.401. The molecule has 0 aliphatic rings. The number of nitrogens with two attached hydrogens (primary N) is 1. The second-order valence-corrected chi connectivity index (χ2v) is 5.98. The molecule has 0 saturated heterocycles. The van der Waals surface area contributed by atoms with Crippen LogP contribution in [0, 0.1) is 5.92 Å². The Bertz CT molecular complexity index is 620. The first-order valence-electron chi connectivity index (χ1n) is 7.87.